The van der Waals surface area contributed by atoms with Gasteiger partial charge in [0.25, 0.3) is 0 Å². The second kappa shape index (κ2) is 5.07. The molecule has 0 atom stereocenters. The topological polar surface area (TPSA) is 37.9 Å². The van der Waals surface area contributed by atoms with Crippen molar-refractivity contribution >= 4 is 12.6 Å². The number of rotatable bonds is 4. The number of thiol groups is 1. The third-order valence-electron chi connectivity index (χ3n) is 2.36. The molecular weight excluding hydrogens is 220 g/mol. The molecule has 16 heavy (non-hydrogen) atoms. The predicted molar refractivity (Wildman–Crippen MR) is 68.1 cm³/mol. The molecule has 0 saturated heterocycles. The molecule has 0 bridgehead atoms. The normalized spacial score (nSPS) is 10.4. The molecule has 0 fully saturated rings. The van der Waals surface area contributed by atoms with Crippen LogP contribution in [0.2, 0.25) is 0 Å². The number of aryl methyl sites for hydroxylation is 1. The van der Waals surface area contributed by atoms with Gasteiger partial charge in [-0.25, -0.2) is 4.98 Å². The Labute approximate surface area is 100 Å². The molecule has 0 saturated carbocycles. The number of aromatic amines is 1. The molecule has 2 aromatic rings. The van der Waals surface area contributed by atoms with Crippen molar-refractivity contribution in [2.24, 2.45) is 0 Å². The van der Waals surface area contributed by atoms with E-state index in [1.807, 2.05) is 30.5 Å². The van der Waals surface area contributed by atoms with Gasteiger partial charge >= 0.3 is 0 Å². The third-order valence-corrected chi connectivity index (χ3v) is 2.58. The fraction of sp³-hybridized carbons (Fsp3) is 0.250. The van der Waals surface area contributed by atoms with Crippen molar-refractivity contribution in [2.75, 3.05) is 12.9 Å². The lowest BCUT2D eigenvalue weighted by Crippen LogP contribution is -1.88. The zero-order chi connectivity index (χ0) is 11.4. The van der Waals surface area contributed by atoms with E-state index in [-0.39, 0.29) is 0 Å². The van der Waals surface area contributed by atoms with E-state index >= 15 is 0 Å². The average Bonchev–Trinajstić information content (AvgIpc) is 2.78. The minimum Gasteiger partial charge on any atom is -0.497 e. The van der Waals surface area contributed by atoms with Crippen LogP contribution in [0.5, 0.6) is 5.75 Å². The molecule has 1 N–H and O–H groups in total. The van der Waals surface area contributed by atoms with Crippen molar-refractivity contribution in [3.63, 3.8) is 0 Å². The van der Waals surface area contributed by atoms with Gasteiger partial charge < -0.3 is 9.72 Å². The van der Waals surface area contributed by atoms with Gasteiger partial charge in [0.05, 0.1) is 19.0 Å². The lowest BCUT2D eigenvalue weighted by atomic mass is 10.1. The number of aromatic nitrogens is 2. The van der Waals surface area contributed by atoms with Crippen molar-refractivity contribution in [2.45, 2.75) is 6.42 Å². The molecule has 0 unspecified atom stereocenters. The summed E-state index contributed by atoms with van der Waals surface area (Å²) in [5.41, 5.74) is 2.09. The Bertz CT molecular complexity index is 468. The molecule has 3 nitrogen and oxygen atoms in total. The quantitative estimate of drug-likeness (QED) is 0.798. The minimum absolute atomic E-state index is 0.797. The summed E-state index contributed by atoms with van der Waals surface area (Å²) in [7, 11) is 1.67. The van der Waals surface area contributed by atoms with Crippen LogP contribution in [0.4, 0.5) is 0 Å². The zero-order valence-electron chi connectivity index (χ0n) is 9.10. The highest BCUT2D eigenvalue weighted by Gasteiger charge is 2.03. The van der Waals surface area contributed by atoms with Gasteiger partial charge in [0.2, 0.25) is 0 Å². The third kappa shape index (κ3) is 2.39. The summed E-state index contributed by atoms with van der Waals surface area (Å²) in [6.45, 7) is 0. The fourth-order valence-electron chi connectivity index (χ4n) is 1.53. The van der Waals surface area contributed by atoms with E-state index in [0.29, 0.717) is 0 Å². The highest BCUT2D eigenvalue weighted by Crippen LogP contribution is 2.22. The van der Waals surface area contributed by atoms with E-state index in [4.69, 9.17) is 4.74 Å². The van der Waals surface area contributed by atoms with Crippen LogP contribution in [0.1, 0.15) is 5.82 Å². The second-order valence-electron chi connectivity index (χ2n) is 3.45. The van der Waals surface area contributed by atoms with Gasteiger partial charge in [-0.3, -0.25) is 0 Å². The summed E-state index contributed by atoms with van der Waals surface area (Å²) in [5.74, 6) is 2.61. The molecule has 1 aromatic carbocycles. The smallest absolute Gasteiger partial charge is 0.119 e. The van der Waals surface area contributed by atoms with Crippen molar-refractivity contribution in [3.05, 3.63) is 36.3 Å². The van der Waals surface area contributed by atoms with Crippen LogP contribution >= 0.6 is 12.6 Å². The monoisotopic (exact) mass is 234 g/mol. The number of hydrogen-bond donors (Lipinski definition) is 2. The van der Waals surface area contributed by atoms with Gasteiger partial charge in [0, 0.05) is 12.0 Å². The molecule has 84 valence electrons. The molecule has 0 radical (unpaired) electrons. The van der Waals surface area contributed by atoms with E-state index in [9.17, 15) is 0 Å². The maximum Gasteiger partial charge on any atom is 0.119 e. The first-order valence-corrected chi connectivity index (χ1v) is 5.76. The number of H-pyrrole nitrogens is 1. The van der Waals surface area contributed by atoms with Crippen LogP contribution < -0.4 is 4.74 Å². The van der Waals surface area contributed by atoms with Gasteiger partial charge in [-0.05, 0) is 17.9 Å². The first kappa shape index (κ1) is 11.1. The van der Waals surface area contributed by atoms with Gasteiger partial charge in [-0.15, -0.1) is 0 Å². The predicted octanol–water partition coefficient (Wildman–Crippen LogP) is 2.56. The molecule has 0 amide bonds. The van der Waals surface area contributed by atoms with Crippen LogP contribution in [-0.2, 0) is 6.42 Å². The number of nitrogens with one attached hydrogen (secondary N) is 1. The zero-order valence-corrected chi connectivity index (χ0v) is 10.00. The summed E-state index contributed by atoms with van der Waals surface area (Å²) in [6.07, 6.45) is 2.70. The maximum atomic E-state index is 5.18. The van der Waals surface area contributed by atoms with Crippen molar-refractivity contribution in [1.29, 1.82) is 0 Å². The van der Waals surface area contributed by atoms with Gasteiger partial charge in [0.1, 0.15) is 11.6 Å². The van der Waals surface area contributed by atoms with Crippen molar-refractivity contribution in [3.8, 4) is 17.0 Å². The number of imidazole rings is 1. The Balaban J connectivity index is 2.27. The van der Waals surface area contributed by atoms with Crippen molar-refractivity contribution < 1.29 is 4.74 Å². The Morgan fingerprint density at radius 2 is 2.31 bits per heavy atom. The standard InChI is InChI=1S/C12H14N2OS/c1-15-10-4-2-3-9(7-10)11-8-13-12(14-11)5-6-16/h2-4,7-8,16H,5-6H2,1H3,(H,13,14). The maximum absolute atomic E-state index is 5.18. The first-order chi connectivity index (χ1) is 7.83. The summed E-state index contributed by atoms with van der Waals surface area (Å²) < 4.78 is 5.18. The average molecular weight is 234 g/mol. The van der Waals surface area contributed by atoms with Crippen LogP contribution in [0.25, 0.3) is 11.3 Å². The van der Waals surface area contributed by atoms with E-state index in [0.717, 1.165) is 35.0 Å². The van der Waals surface area contributed by atoms with Gasteiger partial charge in [-0.2, -0.15) is 12.6 Å². The molecule has 0 aliphatic rings. The Morgan fingerprint density at radius 3 is 3.06 bits per heavy atom. The highest BCUT2D eigenvalue weighted by molar-refractivity contribution is 7.80. The minimum atomic E-state index is 0.797. The Morgan fingerprint density at radius 1 is 1.44 bits per heavy atom. The molecule has 4 heteroatoms. The number of benzene rings is 1. The molecule has 1 heterocycles. The Hall–Kier alpha value is -1.42. The summed E-state index contributed by atoms with van der Waals surface area (Å²) >= 11 is 4.18. The molecule has 0 aliphatic heterocycles. The first-order valence-electron chi connectivity index (χ1n) is 5.12. The lowest BCUT2D eigenvalue weighted by Gasteiger charge is -2.01. The van der Waals surface area contributed by atoms with E-state index in [2.05, 4.69) is 22.6 Å². The Kier molecular flexibility index (Phi) is 3.51. The largest absolute Gasteiger partial charge is 0.497 e. The van der Waals surface area contributed by atoms with Gasteiger partial charge in [0.15, 0.2) is 0 Å². The number of nitrogens with zero attached hydrogens (tertiary/aromatic N) is 1. The van der Waals surface area contributed by atoms with E-state index in [1.54, 1.807) is 7.11 Å². The SMILES string of the molecule is COc1cccc(-c2cnc(CCS)[nH]2)c1. The number of methoxy groups -OCH3 is 1. The van der Waals surface area contributed by atoms with Crippen molar-refractivity contribution in [1.82, 2.24) is 9.97 Å². The summed E-state index contributed by atoms with van der Waals surface area (Å²) in [4.78, 5) is 7.56. The highest BCUT2D eigenvalue weighted by atomic mass is 32.1. The summed E-state index contributed by atoms with van der Waals surface area (Å²) in [6, 6.07) is 7.90. The van der Waals surface area contributed by atoms with E-state index < -0.39 is 0 Å². The van der Waals surface area contributed by atoms with Crippen LogP contribution in [0.15, 0.2) is 30.5 Å². The van der Waals surface area contributed by atoms with Crippen LogP contribution in [-0.4, -0.2) is 22.8 Å². The van der Waals surface area contributed by atoms with Crippen LogP contribution in [0, 0.1) is 0 Å². The van der Waals surface area contributed by atoms with E-state index in [1.165, 1.54) is 0 Å². The molecule has 0 aliphatic carbocycles. The number of ether oxygens (including phenoxy) is 1. The summed E-state index contributed by atoms with van der Waals surface area (Å²) in [5, 5.41) is 0. The molecule has 1 aromatic heterocycles. The molecular formula is C12H14N2OS. The fourth-order valence-corrected chi connectivity index (χ4v) is 1.74. The van der Waals surface area contributed by atoms with Gasteiger partial charge in [-0.1, -0.05) is 12.1 Å². The number of hydrogen-bond acceptors (Lipinski definition) is 3. The van der Waals surface area contributed by atoms with Crippen LogP contribution in [0.3, 0.4) is 0 Å². The molecule has 2 rings (SSSR count). The lowest BCUT2D eigenvalue weighted by molar-refractivity contribution is 0.415. The molecule has 0 spiro atoms. The second-order valence-corrected chi connectivity index (χ2v) is 3.90.